The van der Waals surface area contributed by atoms with Crippen LogP contribution in [0.4, 0.5) is 10.1 Å². The summed E-state index contributed by atoms with van der Waals surface area (Å²) in [5.74, 6) is -1.06. The summed E-state index contributed by atoms with van der Waals surface area (Å²) in [6.07, 6.45) is 0. The minimum atomic E-state index is -0.609. The second-order valence-electron chi connectivity index (χ2n) is 5.48. The number of hydrogen-bond donors (Lipinski definition) is 1. The Kier molecular flexibility index (Phi) is 5.06. The van der Waals surface area contributed by atoms with Gasteiger partial charge in [0.2, 0.25) is 0 Å². The summed E-state index contributed by atoms with van der Waals surface area (Å²) in [7, 11) is 0. The number of halogens is 3. The van der Waals surface area contributed by atoms with E-state index in [1.807, 2.05) is 30.3 Å². The van der Waals surface area contributed by atoms with Gasteiger partial charge in [-0.3, -0.25) is 4.79 Å². The Morgan fingerprint density at radius 1 is 1.20 bits per heavy atom. The number of hydrogen-bond acceptors (Lipinski definition) is 2. The maximum absolute atomic E-state index is 13.5. The number of nitrogens with zero attached hydrogens (tertiary/aromatic N) is 2. The fourth-order valence-electron chi connectivity index (χ4n) is 2.44. The molecule has 1 aromatic heterocycles. The van der Waals surface area contributed by atoms with Gasteiger partial charge in [-0.25, -0.2) is 9.07 Å². The molecule has 2 aromatic carbocycles. The summed E-state index contributed by atoms with van der Waals surface area (Å²) >= 11 is 12.0. The molecule has 3 aromatic rings. The zero-order valence-corrected chi connectivity index (χ0v) is 14.8. The van der Waals surface area contributed by atoms with Crippen LogP contribution in [-0.2, 0) is 6.54 Å². The molecular formula is C18H14Cl2FN3O. The van der Waals surface area contributed by atoms with Crippen molar-refractivity contribution in [2.24, 2.45) is 0 Å². The van der Waals surface area contributed by atoms with Gasteiger partial charge in [0.25, 0.3) is 5.91 Å². The number of aryl methyl sites for hydroxylation is 1. The first-order chi connectivity index (χ1) is 12.0. The maximum atomic E-state index is 13.5. The zero-order chi connectivity index (χ0) is 18.0. The van der Waals surface area contributed by atoms with E-state index in [1.165, 1.54) is 12.1 Å². The summed E-state index contributed by atoms with van der Waals surface area (Å²) < 4.78 is 15.1. The Morgan fingerprint density at radius 2 is 1.92 bits per heavy atom. The Morgan fingerprint density at radius 3 is 2.60 bits per heavy atom. The first-order valence-electron chi connectivity index (χ1n) is 7.49. The Balaban J connectivity index is 1.84. The van der Waals surface area contributed by atoms with Crippen LogP contribution in [0.25, 0.3) is 0 Å². The van der Waals surface area contributed by atoms with E-state index in [2.05, 4.69) is 10.4 Å². The lowest BCUT2D eigenvalue weighted by molar-refractivity contribution is 0.102. The van der Waals surface area contributed by atoms with E-state index < -0.39 is 11.7 Å². The standard InChI is InChI=1S/C18H14Cl2FN3O/c1-11-16(18(25)22-13-7-8-14(19)15(21)9-13)17(20)24(23-11)10-12-5-3-2-4-6-12/h2-9H,10H2,1H3,(H,22,25). The summed E-state index contributed by atoms with van der Waals surface area (Å²) in [6, 6.07) is 13.7. The summed E-state index contributed by atoms with van der Waals surface area (Å²) in [4.78, 5) is 12.5. The summed E-state index contributed by atoms with van der Waals surface area (Å²) in [5, 5.41) is 7.16. The molecule has 3 rings (SSSR count). The quantitative estimate of drug-likeness (QED) is 0.699. The normalized spacial score (nSPS) is 10.7. The second kappa shape index (κ2) is 7.25. The summed E-state index contributed by atoms with van der Waals surface area (Å²) in [5.41, 5.74) is 2.05. The Hall–Kier alpha value is -2.37. The highest BCUT2D eigenvalue weighted by atomic mass is 35.5. The van der Waals surface area contributed by atoms with Crippen LogP contribution in [0.5, 0.6) is 0 Å². The van der Waals surface area contributed by atoms with Crippen molar-refractivity contribution >= 4 is 34.8 Å². The van der Waals surface area contributed by atoms with Gasteiger partial charge in [0.05, 0.1) is 22.8 Å². The van der Waals surface area contributed by atoms with Gasteiger partial charge in [0.15, 0.2) is 0 Å². The highest BCUT2D eigenvalue weighted by Crippen LogP contribution is 2.24. The zero-order valence-electron chi connectivity index (χ0n) is 13.3. The van der Waals surface area contributed by atoms with E-state index in [-0.39, 0.29) is 21.4 Å². The van der Waals surface area contributed by atoms with Crippen LogP contribution in [0, 0.1) is 12.7 Å². The lowest BCUT2D eigenvalue weighted by atomic mass is 10.2. The SMILES string of the molecule is Cc1nn(Cc2ccccc2)c(Cl)c1C(=O)Nc1ccc(Cl)c(F)c1. The molecule has 0 saturated heterocycles. The van der Waals surface area contributed by atoms with Crippen LogP contribution in [0.3, 0.4) is 0 Å². The van der Waals surface area contributed by atoms with E-state index in [1.54, 1.807) is 11.6 Å². The minimum absolute atomic E-state index is 0.0112. The molecule has 128 valence electrons. The van der Waals surface area contributed by atoms with Gasteiger partial charge in [0.1, 0.15) is 11.0 Å². The molecule has 0 saturated carbocycles. The molecule has 0 atom stereocenters. The monoisotopic (exact) mass is 377 g/mol. The molecule has 1 N–H and O–H groups in total. The average Bonchev–Trinajstić information content (AvgIpc) is 2.86. The van der Waals surface area contributed by atoms with Crippen molar-refractivity contribution < 1.29 is 9.18 Å². The molecule has 0 aliphatic carbocycles. The number of aromatic nitrogens is 2. The van der Waals surface area contributed by atoms with Crippen molar-refractivity contribution in [1.29, 1.82) is 0 Å². The number of anilines is 1. The highest BCUT2D eigenvalue weighted by molar-refractivity contribution is 6.33. The maximum Gasteiger partial charge on any atom is 0.260 e. The number of amides is 1. The predicted octanol–water partition coefficient (Wildman–Crippen LogP) is 4.94. The molecule has 1 amide bonds. The number of rotatable bonds is 4. The van der Waals surface area contributed by atoms with E-state index in [0.717, 1.165) is 11.6 Å². The van der Waals surface area contributed by atoms with Crippen LogP contribution in [-0.4, -0.2) is 15.7 Å². The van der Waals surface area contributed by atoms with Gasteiger partial charge in [-0.05, 0) is 30.7 Å². The molecule has 0 unspecified atom stereocenters. The van der Waals surface area contributed by atoms with E-state index in [9.17, 15) is 9.18 Å². The molecule has 0 radical (unpaired) electrons. The molecule has 0 fully saturated rings. The van der Waals surface area contributed by atoms with Crippen LogP contribution in [0.1, 0.15) is 21.6 Å². The van der Waals surface area contributed by atoms with Crippen molar-refractivity contribution in [2.45, 2.75) is 13.5 Å². The molecule has 4 nitrogen and oxygen atoms in total. The lowest BCUT2D eigenvalue weighted by Crippen LogP contribution is -2.13. The summed E-state index contributed by atoms with van der Waals surface area (Å²) in [6.45, 7) is 2.15. The van der Waals surface area contributed by atoms with Crippen LogP contribution >= 0.6 is 23.2 Å². The second-order valence-corrected chi connectivity index (χ2v) is 6.24. The van der Waals surface area contributed by atoms with E-state index in [4.69, 9.17) is 23.2 Å². The van der Waals surface area contributed by atoms with Crippen molar-refractivity contribution in [3.63, 3.8) is 0 Å². The van der Waals surface area contributed by atoms with Gasteiger partial charge < -0.3 is 5.32 Å². The largest absolute Gasteiger partial charge is 0.322 e. The smallest absolute Gasteiger partial charge is 0.260 e. The fraction of sp³-hybridized carbons (Fsp3) is 0.111. The molecule has 25 heavy (non-hydrogen) atoms. The van der Waals surface area contributed by atoms with Gasteiger partial charge in [-0.1, -0.05) is 53.5 Å². The van der Waals surface area contributed by atoms with Crippen molar-refractivity contribution in [3.8, 4) is 0 Å². The van der Waals surface area contributed by atoms with E-state index in [0.29, 0.717) is 12.2 Å². The molecule has 7 heteroatoms. The topological polar surface area (TPSA) is 46.9 Å². The molecular weight excluding hydrogens is 364 g/mol. The number of benzene rings is 2. The predicted molar refractivity (Wildman–Crippen MR) is 96.9 cm³/mol. The Labute approximate surface area is 154 Å². The third kappa shape index (κ3) is 3.83. The number of nitrogens with one attached hydrogen (secondary N) is 1. The van der Waals surface area contributed by atoms with E-state index >= 15 is 0 Å². The van der Waals surface area contributed by atoms with Crippen molar-refractivity contribution in [1.82, 2.24) is 9.78 Å². The van der Waals surface area contributed by atoms with Gasteiger partial charge in [-0.2, -0.15) is 5.10 Å². The van der Waals surface area contributed by atoms with Gasteiger partial charge in [0, 0.05) is 5.69 Å². The third-order valence-corrected chi connectivity index (χ3v) is 4.34. The van der Waals surface area contributed by atoms with Gasteiger partial charge >= 0.3 is 0 Å². The minimum Gasteiger partial charge on any atom is -0.322 e. The van der Waals surface area contributed by atoms with Gasteiger partial charge in [-0.15, -0.1) is 0 Å². The third-order valence-electron chi connectivity index (χ3n) is 3.65. The molecule has 1 heterocycles. The molecule has 0 aliphatic rings. The molecule has 0 aliphatic heterocycles. The highest BCUT2D eigenvalue weighted by Gasteiger charge is 2.20. The molecule has 0 spiro atoms. The first-order valence-corrected chi connectivity index (χ1v) is 8.24. The average molecular weight is 378 g/mol. The first kappa shape index (κ1) is 17.5. The van der Waals surface area contributed by atoms with Crippen LogP contribution < -0.4 is 5.32 Å². The van der Waals surface area contributed by atoms with Crippen molar-refractivity contribution in [2.75, 3.05) is 5.32 Å². The lowest BCUT2D eigenvalue weighted by Gasteiger charge is -2.06. The Bertz CT molecular complexity index is 926. The fourth-order valence-corrected chi connectivity index (χ4v) is 2.88. The number of carbonyl (C=O) groups is 1. The van der Waals surface area contributed by atoms with Crippen LogP contribution in [0.15, 0.2) is 48.5 Å². The molecule has 0 bridgehead atoms. The van der Waals surface area contributed by atoms with Crippen LogP contribution in [0.2, 0.25) is 10.2 Å². The number of carbonyl (C=O) groups excluding carboxylic acids is 1. The van der Waals surface area contributed by atoms with Crippen molar-refractivity contribution in [3.05, 3.63) is 81.3 Å².